The van der Waals surface area contributed by atoms with Gasteiger partial charge in [0.2, 0.25) is 5.91 Å². The van der Waals surface area contributed by atoms with Crippen molar-refractivity contribution in [3.8, 4) is 17.1 Å². The van der Waals surface area contributed by atoms with Crippen molar-refractivity contribution in [2.45, 2.75) is 37.3 Å². The largest absolute Gasteiger partial charge is 0.496 e. The number of benzene rings is 1. The molecule has 0 saturated heterocycles. The Kier molecular flexibility index (Phi) is 6.92. The van der Waals surface area contributed by atoms with Crippen molar-refractivity contribution in [3.63, 3.8) is 0 Å². The molecule has 1 N–H and O–H groups in total. The van der Waals surface area contributed by atoms with Gasteiger partial charge >= 0.3 is 0 Å². The molecule has 0 radical (unpaired) electrons. The molecule has 1 aliphatic carbocycles. The highest BCUT2D eigenvalue weighted by atomic mass is 32.2. The van der Waals surface area contributed by atoms with Gasteiger partial charge in [-0.15, -0.1) is 10.2 Å². The third-order valence-corrected chi connectivity index (χ3v) is 5.69. The molecule has 0 saturated carbocycles. The van der Waals surface area contributed by atoms with E-state index in [1.165, 1.54) is 43.0 Å². The van der Waals surface area contributed by atoms with Gasteiger partial charge in [-0.05, 0) is 44.2 Å². The molecule has 1 heterocycles. The van der Waals surface area contributed by atoms with E-state index in [1.54, 1.807) is 7.11 Å². The van der Waals surface area contributed by atoms with Crippen LogP contribution in [0.25, 0.3) is 11.4 Å². The first-order chi connectivity index (χ1) is 13.2. The highest BCUT2D eigenvalue weighted by molar-refractivity contribution is 7.99. The molecule has 0 bridgehead atoms. The van der Waals surface area contributed by atoms with Gasteiger partial charge in [-0.1, -0.05) is 35.5 Å². The lowest BCUT2D eigenvalue weighted by atomic mass is 9.97. The molecule has 3 rings (SSSR count). The molecule has 144 valence electrons. The maximum absolute atomic E-state index is 12.1. The topological polar surface area (TPSA) is 69.0 Å². The number of ether oxygens (including phenoxy) is 1. The quantitative estimate of drug-likeness (QED) is 0.555. The minimum absolute atomic E-state index is 0.0262. The van der Waals surface area contributed by atoms with Crippen LogP contribution in [0.2, 0.25) is 0 Å². The summed E-state index contributed by atoms with van der Waals surface area (Å²) < 4.78 is 7.29. The molecule has 7 heteroatoms. The van der Waals surface area contributed by atoms with E-state index in [9.17, 15) is 4.79 Å². The molecular formula is C20H26N4O2S. The predicted molar refractivity (Wildman–Crippen MR) is 108 cm³/mol. The number of nitrogens with zero attached hydrogens (tertiary/aromatic N) is 3. The van der Waals surface area contributed by atoms with E-state index in [-0.39, 0.29) is 5.91 Å². The van der Waals surface area contributed by atoms with Crippen molar-refractivity contribution < 1.29 is 9.53 Å². The molecule has 1 aliphatic rings. The minimum atomic E-state index is 0.0262. The Morgan fingerprint density at radius 2 is 2.15 bits per heavy atom. The number of carbonyl (C=O) groups excluding carboxylic acids is 1. The SMILES string of the molecule is COc1ccccc1-c1nnc(SCC(=O)NCCC2=CCCCC2)n1C. The number of allylic oxidation sites excluding steroid dienone is 1. The fourth-order valence-electron chi connectivity index (χ4n) is 3.18. The van der Waals surface area contributed by atoms with E-state index in [2.05, 4.69) is 21.6 Å². The molecular weight excluding hydrogens is 360 g/mol. The molecule has 1 aromatic heterocycles. The maximum atomic E-state index is 12.1. The summed E-state index contributed by atoms with van der Waals surface area (Å²) in [6.45, 7) is 0.705. The number of para-hydroxylation sites is 1. The van der Waals surface area contributed by atoms with Crippen LogP contribution in [-0.4, -0.2) is 40.1 Å². The first-order valence-electron chi connectivity index (χ1n) is 9.29. The minimum Gasteiger partial charge on any atom is -0.496 e. The van der Waals surface area contributed by atoms with Gasteiger partial charge in [0.1, 0.15) is 5.75 Å². The summed E-state index contributed by atoms with van der Waals surface area (Å²) >= 11 is 1.39. The van der Waals surface area contributed by atoms with E-state index in [1.807, 2.05) is 35.9 Å². The summed E-state index contributed by atoms with van der Waals surface area (Å²) in [6.07, 6.45) is 8.20. The Balaban J connectivity index is 1.52. The third-order valence-electron chi connectivity index (χ3n) is 4.67. The molecule has 0 unspecified atom stereocenters. The molecule has 1 amide bonds. The number of hydrogen-bond acceptors (Lipinski definition) is 5. The number of hydrogen-bond donors (Lipinski definition) is 1. The van der Waals surface area contributed by atoms with Crippen molar-refractivity contribution in [1.29, 1.82) is 0 Å². The second kappa shape index (κ2) is 9.60. The molecule has 1 aromatic carbocycles. The number of aromatic nitrogens is 3. The molecule has 0 atom stereocenters. The van der Waals surface area contributed by atoms with Crippen LogP contribution >= 0.6 is 11.8 Å². The van der Waals surface area contributed by atoms with E-state index in [0.717, 1.165) is 23.6 Å². The predicted octanol–water partition coefficient (Wildman–Crippen LogP) is 3.59. The maximum Gasteiger partial charge on any atom is 0.230 e. The van der Waals surface area contributed by atoms with Crippen LogP contribution < -0.4 is 10.1 Å². The van der Waals surface area contributed by atoms with Gasteiger partial charge in [0.05, 0.1) is 18.4 Å². The van der Waals surface area contributed by atoms with Crippen LogP contribution in [0.1, 0.15) is 32.1 Å². The van der Waals surface area contributed by atoms with Gasteiger partial charge in [-0.25, -0.2) is 0 Å². The fourth-order valence-corrected chi connectivity index (χ4v) is 3.92. The van der Waals surface area contributed by atoms with Crippen molar-refractivity contribution in [2.24, 2.45) is 7.05 Å². The zero-order chi connectivity index (χ0) is 19.1. The second-order valence-corrected chi connectivity index (χ2v) is 7.50. The average molecular weight is 387 g/mol. The number of amides is 1. The van der Waals surface area contributed by atoms with Gasteiger partial charge in [0, 0.05) is 13.6 Å². The number of carbonyl (C=O) groups is 1. The van der Waals surface area contributed by atoms with Crippen LogP contribution in [0.15, 0.2) is 41.1 Å². The average Bonchev–Trinajstić information content (AvgIpc) is 3.07. The lowest BCUT2D eigenvalue weighted by molar-refractivity contribution is -0.118. The first kappa shape index (κ1) is 19.5. The van der Waals surface area contributed by atoms with Crippen molar-refractivity contribution >= 4 is 17.7 Å². The van der Waals surface area contributed by atoms with E-state index in [0.29, 0.717) is 17.5 Å². The summed E-state index contributed by atoms with van der Waals surface area (Å²) in [5.74, 6) is 1.83. The second-order valence-electron chi connectivity index (χ2n) is 6.56. The molecule has 2 aromatic rings. The van der Waals surface area contributed by atoms with Crippen LogP contribution in [0.5, 0.6) is 5.75 Å². The highest BCUT2D eigenvalue weighted by Gasteiger charge is 2.15. The Bertz CT molecular complexity index is 816. The first-order valence-corrected chi connectivity index (χ1v) is 10.3. The van der Waals surface area contributed by atoms with Crippen molar-refractivity contribution in [1.82, 2.24) is 20.1 Å². The smallest absolute Gasteiger partial charge is 0.230 e. The zero-order valence-corrected chi connectivity index (χ0v) is 16.7. The Labute approximate surface area is 164 Å². The summed E-state index contributed by atoms with van der Waals surface area (Å²) in [4.78, 5) is 12.1. The van der Waals surface area contributed by atoms with Gasteiger partial charge < -0.3 is 14.6 Å². The summed E-state index contributed by atoms with van der Waals surface area (Å²) in [5.41, 5.74) is 2.36. The van der Waals surface area contributed by atoms with Crippen molar-refractivity contribution in [2.75, 3.05) is 19.4 Å². The van der Waals surface area contributed by atoms with Crippen LogP contribution in [0.3, 0.4) is 0 Å². The monoisotopic (exact) mass is 386 g/mol. The van der Waals surface area contributed by atoms with Crippen LogP contribution in [-0.2, 0) is 11.8 Å². The fraction of sp³-hybridized carbons (Fsp3) is 0.450. The van der Waals surface area contributed by atoms with E-state index in [4.69, 9.17) is 4.74 Å². The zero-order valence-electron chi connectivity index (χ0n) is 15.9. The molecule has 0 spiro atoms. The Morgan fingerprint density at radius 1 is 1.30 bits per heavy atom. The summed E-state index contributed by atoms with van der Waals surface area (Å²) in [7, 11) is 3.54. The standard InChI is InChI=1S/C20H26N4O2S/c1-24-19(16-10-6-7-11-17(16)26-2)22-23-20(24)27-14-18(25)21-13-12-15-8-4-3-5-9-15/h6-8,10-11H,3-5,9,12-14H2,1-2H3,(H,21,25). The van der Waals surface area contributed by atoms with Crippen LogP contribution in [0, 0.1) is 0 Å². The highest BCUT2D eigenvalue weighted by Crippen LogP contribution is 2.29. The van der Waals surface area contributed by atoms with E-state index >= 15 is 0 Å². The molecule has 6 nitrogen and oxygen atoms in total. The summed E-state index contributed by atoms with van der Waals surface area (Å²) in [5, 5.41) is 12.2. The number of nitrogens with one attached hydrogen (secondary N) is 1. The number of thioether (sulfide) groups is 1. The third kappa shape index (κ3) is 5.13. The molecule has 27 heavy (non-hydrogen) atoms. The van der Waals surface area contributed by atoms with Gasteiger partial charge in [0.25, 0.3) is 0 Å². The van der Waals surface area contributed by atoms with Crippen LogP contribution in [0.4, 0.5) is 0 Å². The van der Waals surface area contributed by atoms with Gasteiger partial charge in [0.15, 0.2) is 11.0 Å². The van der Waals surface area contributed by atoms with Crippen molar-refractivity contribution in [3.05, 3.63) is 35.9 Å². The lowest BCUT2D eigenvalue weighted by Gasteiger charge is -2.12. The number of rotatable bonds is 8. The Morgan fingerprint density at radius 3 is 2.93 bits per heavy atom. The summed E-state index contributed by atoms with van der Waals surface area (Å²) in [6, 6.07) is 7.70. The Hall–Kier alpha value is -2.28. The molecule has 0 fully saturated rings. The normalized spacial score (nSPS) is 13.9. The lowest BCUT2D eigenvalue weighted by Crippen LogP contribution is -2.26. The molecule has 0 aliphatic heterocycles. The number of methoxy groups -OCH3 is 1. The van der Waals surface area contributed by atoms with Gasteiger partial charge in [-0.2, -0.15) is 0 Å². The van der Waals surface area contributed by atoms with E-state index < -0.39 is 0 Å². The van der Waals surface area contributed by atoms with Gasteiger partial charge in [-0.3, -0.25) is 4.79 Å².